The fourth-order valence-corrected chi connectivity index (χ4v) is 0.986. The van der Waals surface area contributed by atoms with Crippen LogP contribution in [0.1, 0.15) is 6.42 Å². The molecule has 1 saturated heterocycles. The van der Waals surface area contributed by atoms with Gasteiger partial charge in [0.25, 0.3) is 6.47 Å². The van der Waals surface area contributed by atoms with Gasteiger partial charge < -0.3 is 14.2 Å². The standard InChI is InChI=1S/C7H12O4/c8-5-9-2-1-7-3-10-6-11-4-7/h5,7H,1-4,6H2. The third kappa shape index (κ3) is 3.34. The second-order valence-corrected chi connectivity index (χ2v) is 2.48. The Morgan fingerprint density at radius 1 is 1.45 bits per heavy atom. The molecule has 1 rings (SSSR count). The highest BCUT2D eigenvalue weighted by Crippen LogP contribution is 2.09. The van der Waals surface area contributed by atoms with Crippen LogP contribution in [0.25, 0.3) is 0 Å². The molecule has 0 aromatic carbocycles. The van der Waals surface area contributed by atoms with Crippen molar-refractivity contribution in [1.29, 1.82) is 0 Å². The van der Waals surface area contributed by atoms with Crippen LogP contribution in [0, 0.1) is 5.92 Å². The first-order valence-electron chi connectivity index (χ1n) is 3.64. The number of hydrogen-bond donors (Lipinski definition) is 0. The quantitative estimate of drug-likeness (QED) is 0.434. The summed E-state index contributed by atoms with van der Waals surface area (Å²) in [5.41, 5.74) is 0. The molecule has 64 valence electrons. The Morgan fingerprint density at radius 2 is 2.18 bits per heavy atom. The molecule has 0 amide bonds. The molecule has 1 heterocycles. The fourth-order valence-electron chi connectivity index (χ4n) is 0.986. The molecule has 0 atom stereocenters. The molecule has 1 fully saturated rings. The van der Waals surface area contributed by atoms with Crippen LogP contribution in [0.15, 0.2) is 0 Å². The summed E-state index contributed by atoms with van der Waals surface area (Å²) in [7, 11) is 0. The van der Waals surface area contributed by atoms with Crippen LogP contribution in [-0.2, 0) is 19.0 Å². The molecule has 11 heavy (non-hydrogen) atoms. The van der Waals surface area contributed by atoms with Crippen LogP contribution in [-0.4, -0.2) is 33.1 Å². The Hall–Kier alpha value is -0.610. The van der Waals surface area contributed by atoms with Crippen LogP contribution < -0.4 is 0 Å². The van der Waals surface area contributed by atoms with E-state index in [0.717, 1.165) is 6.42 Å². The molecular formula is C7H12O4. The third-order valence-electron chi connectivity index (χ3n) is 1.59. The zero-order valence-electron chi connectivity index (χ0n) is 6.32. The lowest BCUT2D eigenvalue weighted by Crippen LogP contribution is -2.25. The number of carbonyl (C=O) groups is 1. The molecule has 0 aromatic heterocycles. The van der Waals surface area contributed by atoms with Gasteiger partial charge in [-0.1, -0.05) is 0 Å². The summed E-state index contributed by atoms with van der Waals surface area (Å²) in [6.07, 6.45) is 0.818. The van der Waals surface area contributed by atoms with Crippen LogP contribution in [0.3, 0.4) is 0 Å². The van der Waals surface area contributed by atoms with E-state index in [2.05, 4.69) is 4.74 Å². The van der Waals surface area contributed by atoms with Crippen molar-refractivity contribution in [2.75, 3.05) is 26.6 Å². The topological polar surface area (TPSA) is 44.8 Å². The van der Waals surface area contributed by atoms with Crippen LogP contribution in [0.5, 0.6) is 0 Å². The minimum atomic E-state index is 0.378. The van der Waals surface area contributed by atoms with Gasteiger partial charge in [0, 0.05) is 5.92 Å². The zero-order chi connectivity index (χ0) is 7.94. The Morgan fingerprint density at radius 3 is 2.82 bits per heavy atom. The van der Waals surface area contributed by atoms with Gasteiger partial charge in [-0.2, -0.15) is 0 Å². The van der Waals surface area contributed by atoms with Crippen LogP contribution in [0.2, 0.25) is 0 Å². The van der Waals surface area contributed by atoms with Gasteiger partial charge in [-0.3, -0.25) is 4.79 Å². The van der Waals surface area contributed by atoms with Gasteiger partial charge in [0.05, 0.1) is 19.8 Å². The Labute approximate surface area is 65.4 Å². The summed E-state index contributed by atoms with van der Waals surface area (Å²) >= 11 is 0. The van der Waals surface area contributed by atoms with Crippen molar-refractivity contribution < 1.29 is 19.0 Å². The van der Waals surface area contributed by atoms with E-state index in [1.54, 1.807) is 0 Å². The van der Waals surface area contributed by atoms with E-state index in [9.17, 15) is 4.79 Å². The third-order valence-corrected chi connectivity index (χ3v) is 1.59. The average Bonchev–Trinajstić information content (AvgIpc) is 2.07. The number of rotatable bonds is 4. The Kier molecular flexibility index (Phi) is 3.93. The van der Waals surface area contributed by atoms with E-state index in [-0.39, 0.29) is 0 Å². The molecule has 0 bridgehead atoms. The maximum absolute atomic E-state index is 9.76. The fraction of sp³-hybridized carbons (Fsp3) is 0.857. The lowest BCUT2D eigenvalue weighted by molar-refractivity contribution is -0.137. The molecule has 0 radical (unpaired) electrons. The summed E-state index contributed by atoms with van der Waals surface area (Å²) in [5.74, 6) is 0.378. The number of ether oxygens (including phenoxy) is 3. The molecule has 0 unspecified atom stereocenters. The van der Waals surface area contributed by atoms with Crippen molar-refractivity contribution in [3.8, 4) is 0 Å². The lowest BCUT2D eigenvalue weighted by Gasteiger charge is -2.21. The maximum Gasteiger partial charge on any atom is 0.293 e. The number of carbonyl (C=O) groups excluding carboxylic acids is 1. The predicted molar refractivity (Wildman–Crippen MR) is 36.9 cm³/mol. The molecular weight excluding hydrogens is 148 g/mol. The molecule has 0 saturated carbocycles. The van der Waals surface area contributed by atoms with Gasteiger partial charge in [0.15, 0.2) is 0 Å². The highest BCUT2D eigenvalue weighted by atomic mass is 16.7. The maximum atomic E-state index is 9.76. The SMILES string of the molecule is O=COCCC1COCOC1. The van der Waals surface area contributed by atoms with E-state index in [0.29, 0.717) is 39.0 Å². The predicted octanol–water partition coefficient (Wildman–Crippen LogP) is 0.170. The summed E-state index contributed by atoms with van der Waals surface area (Å²) < 4.78 is 14.6. The summed E-state index contributed by atoms with van der Waals surface area (Å²) in [6, 6.07) is 0. The molecule has 0 aliphatic carbocycles. The minimum Gasteiger partial charge on any atom is -0.468 e. The van der Waals surface area contributed by atoms with Crippen LogP contribution >= 0.6 is 0 Å². The van der Waals surface area contributed by atoms with Gasteiger partial charge in [0.2, 0.25) is 0 Å². The summed E-state index contributed by atoms with van der Waals surface area (Å²) in [6.45, 7) is 2.74. The van der Waals surface area contributed by atoms with Gasteiger partial charge >= 0.3 is 0 Å². The normalized spacial score (nSPS) is 19.6. The first-order valence-corrected chi connectivity index (χ1v) is 3.64. The van der Waals surface area contributed by atoms with Crippen LogP contribution in [0.4, 0.5) is 0 Å². The average molecular weight is 160 g/mol. The van der Waals surface area contributed by atoms with E-state index >= 15 is 0 Å². The van der Waals surface area contributed by atoms with Gasteiger partial charge in [-0.15, -0.1) is 0 Å². The molecule has 0 spiro atoms. The lowest BCUT2D eigenvalue weighted by atomic mass is 10.1. The zero-order valence-corrected chi connectivity index (χ0v) is 6.32. The van der Waals surface area contributed by atoms with E-state index in [1.165, 1.54) is 0 Å². The molecule has 4 heteroatoms. The summed E-state index contributed by atoms with van der Waals surface area (Å²) in [5, 5.41) is 0. The van der Waals surface area contributed by atoms with E-state index < -0.39 is 0 Å². The first kappa shape index (κ1) is 8.49. The summed E-state index contributed by atoms with van der Waals surface area (Å²) in [4.78, 5) is 9.76. The highest BCUT2D eigenvalue weighted by molar-refractivity contribution is 5.36. The van der Waals surface area contributed by atoms with Crippen molar-refractivity contribution in [2.45, 2.75) is 6.42 Å². The number of hydrogen-bond acceptors (Lipinski definition) is 4. The minimum absolute atomic E-state index is 0.378. The molecule has 0 aromatic rings. The first-order chi connectivity index (χ1) is 5.43. The van der Waals surface area contributed by atoms with Crippen molar-refractivity contribution >= 4 is 6.47 Å². The van der Waals surface area contributed by atoms with E-state index in [4.69, 9.17) is 9.47 Å². The van der Waals surface area contributed by atoms with Gasteiger partial charge in [-0.25, -0.2) is 0 Å². The molecule has 1 aliphatic rings. The largest absolute Gasteiger partial charge is 0.468 e. The molecule has 1 aliphatic heterocycles. The van der Waals surface area contributed by atoms with E-state index in [1.807, 2.05) is 0 Å². The molecule has 0 N–H and O–H groups in total. The molecule has 4 nitrogen and oxygen atoms in total. The highest BCUT2D eigenvalue weighted by Gasteiger charge is 2.13. The van der Waals surface area contributed by atoms with Gasteiger partial charge in [0.1, 0.15) is 6.79 Å². The Balaban J connectivity index is 2.00. The second kappa shape index (κ2) is 5.09. The van der Waals surface area contributed by atoms with Crippen molar-refractivity contribution in [2.24, 2.45) is 5.92 Å². The Bertz CT molecular complexity index is 109. The van der Waals surface area contributed by atoms with Crippen molar-refractivity contribution in [1.82, 2.24) is 0 Å². The van der Waals surface area contributed by atoms with Crippen molar-refractivity contribution in [3.63, 3.8) is 0 Å². The van der Waals surface area contributed by atoms with Crippen molar-refractivity contribution in [3.05, 3.63) is 0 Å². The second-order valence-electron chi connectivity index (χ2n) is 2.48. The smallest absolute Gasteiger partial charge is 0.293 e. The van der Waals surface area contributed by atoms with Gasteiger partial charge in [-0.05, 0) is 6.42 Å². The monoisotopic (exact) mass is 160 g/mol.